The number of carbonyl (C=O) groups is 2. The van der Waals surface area contributed by atoms with Crippen LogP contribution in [0.25, 0.3) is 5.76 Å². The molecule has 0 saturated carbocycles. The molecule has 7 nitrogen and oxygen atoms in total. The molecular weight excluding hydrogens is 314 g/mol. The first-order chi connectivity index (χ1) is 11.5. The van der Waals surface area contributed by atoms with Gasteiger partial charge in [-0.15, -0.1) is 0 Å². The van der Waals surface area contributed by atoms with Gasteiger partial charge in [-0.05, 0) is 0 Å². The van der Waals surface area contributed by atoms with Crippen molar-refractivity contribution in [2.24, 2.45) is 0 Å². The van der Waals surface area contributed by atoms with Crippen molar-refractivity contribution < 1.29 is 24.4 Å². The summed E-state index contributed by atoms with van der Waals surface area (Å²) >= 11 is 0. The third kappa shape index (κ3) is 2.63. The maximum absolute atomic E-state index is 12.1. The minimum atomic E-state index is -1.19. The number of esters is 1. The second kappa shape index (κ2) is 5.96. The first-order valence-corrected chi connectivity index (χ1v) is 6.97. The molecule has 1 saturated heterocycles. The van der Waals surface area contributed by atoms with E-state index in [0.29, 0.717) is 5.56 Å². The molecule has 1 atom stereocenters. The molecule has 2 aromatic rings. The van der Waals surface area contributed by atoms with Crippen LogP contribution in [0.2, 0.25) is 0 Å². The van der Waals surface area contributed by atoms with Crippen LogP contribution in [0, 0.1) is 10.1 Å². The zero-order valence-corrected chi connectivity index (χ0v) is 12.2. The van der Waals surface area contributed by atoms with E-state index in [0.717, 1.165) is 0 Å². The molecule has 0 amide bonds. The normalized spacial score (nSPS) is 19.1. The lowest BCUT2D eigenvalue weighted by molar-refractivity contribution is -0.385. The van der Waals surface area contributed by atoms with Crippen LogP contribution in [0.5, 0.6) is 0 Å². The number of carbonyl (C=O) groups excluding carboxylic acids is 2. The number of ether oxygens (including phenoxy) is 1. The summed E-state index contributed by atoms with van der Waals surface area (Å²) in [5.74, 6) is -2.46. The Labute approximate surface area is 136 Å². The second-order valence-electron chi connectivity index (χ2n) is 5.09. The molecule has 0 radical (unpaired) electrons. The topological polar surface area (TPSA) is 107 Å². The Hall–Kier alpha value is -3.48. The number of nitro groups is 1. The number of hydrogen-bond donors (Lipinski definition) is 1. The average molecular weight is 325 g/mol. The Morgan fingerprint density at radius 3 is 2.46 bits per heavy atom. The van der Waals surface area contributed by atoms with E-state index in [4.69, 9.17) is 4.74 Å². The van der Waals surface area contributed by atoms with E-state index in [1.165, 1.54) is 24.3 Å². The molecule has 1 aliphatic rings. The minimum absolute atomic E-state index is 0.207. The number of hydrogen-bond acceptors (Lipinski definition) is 6. The van der Waals surface area contributed by atoms with Crippen LogP contribution in [0.3, 0.4) is 0 Å². The summed E-state index contributed by atoms with van der Waals surface area (Å²) in [6.07, 6.45) is -1.19. The maximum Gasteiger partial charge on any atom is 0.380 e. The summed E-state index contributed by atoms with van der Waals surface area (Å²) in [7, 11) is 0. The number of ketones is 1. The second-order valence-corrected chi connectivity index (χ2v) is 5.09. The molecule has 1 N–H and O–H groups in total. The molecule has 1 fully saturated rings. The van der Waals surface area contributed by atoms with E-state index in [1.807, 2.05) is 0 Å². The standard InChI is InChI=1S/C17H11NO6/c19-14(10-5-2-1-3-6-10)13-15(20)17(21)24-16(13)11-7-4-8-12(9-11)18(22)23/h1-9,16,19H/b14-13-/t16-/m1/s1. The van der Waals surface area contributed by atoms with Gasteiger partial charge in [-0.2, -0.15) is 0 Å². The SMILES string of the molecule is O=C1O[C@H](c2cccc([N+](=O)[O-])c2)/C(=C(\O)c2ccccc2)C1=O. The van der Waals surface area contributed by atoms with E-state index < -0.39 is 22.8 Å². The number of non-ortho nitro benzene ring substituents is 1. The number of aliphatic hydroxyl groups is 1. The predicted octanol–water partition coefficient (Wildman–Crippen LogP) is 2.73. The van der Waals surface area contributed by atoms with Crippen molar-refractivity contribution in [3.63, 3.8) is 0 Å². The van der Waals surface area contributed by atoms with E-state index in [-0.39, 0.29) is 22.6 Å². The van der Waals surface area contributed by atoms with Gasteiger partial charge in [0.2, 0.25) is 0 Å². The Morgan fingerprint density at radius 1 is 1.08 bits per heavy atom. The van der Waals surface area contributed by atoms with Gasteiger partial charge in [0.25, 0.3) is 11.5 Å². The largest absolute Gasteiger partial charge is 0.507 e. The monoisotopic (exact) mass is 325 g/mol. The zero-order chi connectivity index (χ0) is 17.3. The molecule has 0 aliphatic carbocycles. The number of nitro benzene ring substituents is 1. The lowest BCUT2D eigenvalue weighted by atomic mass is 9.96. The highest BCUT2D eigenvalue weighted by molar-refractivity contribution is 6.44. The van der Waals surface area contributed by atoms with Crippen molar-refractivity contribution in [3.05, 3.63) is 81.4 Å². The van der Waals surface area contributed by atoms with Crippen LogP contribution in [0.4, 0.5) is 5.69 Å². The summed E-state index contributed by atoms with van der Waals surface area (Å²) in [4.78, 5) is 34.1. The Kier molecular flexibility index (Phi) is 3.83. The molecule has 0 spiro atoms. The number of aliphatic hydroxyl groups excluding tert-OH is 1. The summed E-state index contributed by atoms with van der Waals surface area (Å²) in [5, 5.41) is 21.3. The highest BCUT2D eigenvalue weighted by atomic mass is 16.6. The smallest absolute Gasteiger partial charge is 0.380 e. The van der Waals surface area contributed by atoms with Crippen molar-refractivity contribution in [3.8, 4) is 0 Å². The van der Waals surface area contributed by atoms with Crippen molar-refractivity contribution in [2.45, 2.75) is 6.10 Å². The van der Waals surface area contributed by atoms with Gasteiger partial charge in [-0.25, -0.2) is 4.79 Å². The van der Waals surface area contributed by atoms with Gasteiger partial charge in [0.05, 0.1) is 10.5 Å². The Balaban J connectivity index is 2.13. The summed E-state index contributed by atoms with van der Waals surface area (Å²) < 4.78 is 5.02. The summed E-state index contributed by atoms with van der Waals surface area (Å²) in [6, 6.07) is 13.6. The van der Waals surface area contributed by atoms with Crippen molar-refractivity contribution >= 4 is 23.2 Å². The quantitative estimate of drug-likeness (QED) is 0.232. The highest BCUT2D eigenvalue weighted by Gasteiger charge is 2.42. The van der Waals surface area contributed by atoms with Crippen molar-refractivity contribution in [1.82, 2.24) is 0 Å². The van der Waals surface area contributed by atoms with Crippen molar-refractivity contribution in [1.29, 1.82) is 0 Å². The predicted molar refractivity (Wildman–Crippen MR) is 82.9 cm³/mol. The number of benzene rings is 2. The molecule has 120 valence electrons. The number of Topliss-reactive ketones (excluding diaryl/α,β-unsaturated/α-hetero) is 1. The summed E-state index contributed by atoms with van der Waals surface area (Å²) in [5.41, 5.74) is 0.142. The molecule has 0 aromatic heterocycles. The van der Waals surface area contributed by atoms with Gasteiger partial charge >= 0.3 is 5.97 Å². The molecule has 0 bridgehead atoms. The fraction of sp³-hybridized carbons (Fsp3) is 0.0588. The van der Waals surface area contributed by atoms with Crippen LogP contribution in [0.1, 0.15) is 17.2 Å². The van der Waals surface area contributed by atoms with Crippen LogP contribution in [0.15, 0.2) is 60.2 Å². The maximum atomic E-state index is 12.1. The van der Waals surface area contributed by atoms with Gasteiger partial charge in [0.1, 0.15) is 5.76 Å². The van der Waals surface area contributed by atoms with Gasteiger partial charge in [0, 0.05) is 23.3 Å². The van der Waals surface area contributed by atoms with E-state index >= 15 is 0 Å². The lowest BCUT2D eigenvalue weighted by Gasteiger charge is -2.12. The van der Waals surface area contributed by atoms with E-state index in [2.05, 4.69) is 0 Å². The molecule has 1 heterocycles. The molecular formula is C17H11NO6. The fourth-order valence-corrected chi connectivity index (χ4v) is 2.47. The molecule has 24 heavy (non-hydrogen) atoms. The molecule has 2 aromatic carbocycles. The van der Waals surface area contributed by atoms with Crippen LogP contribution >= 0.6 is 0 Å². The average Bonchev–Trinajstić information content (AvgIpc) is 2.90. The summed E-state index contributed by atoms with van der Waals surface area (Å²) in [6.45, 7) is 0. The van der Waals surface area contributed by atoms with Crippen LogP contribution in [-0.4, -0.2) is 21.8 Å². The van der Waals surface area contributed by atoms with Gasteiger partial charge in [-0.1, -0.05) is 42.5 Å². The van der Waals surface area contributed by atoms with E-state index in [1.54, 1.807) is 30.3 Å². The number of cyclic esters (lactones) is 1. The number of rotatable bonds is 3. The molecule has 7 heteroatoms. The van der Waals surface area contributed by atoms with Gasteiger partial charge in [0.15, 0.2) is 6.10 Å². The Bertz CT molecular complexity index is 872. The molecule has 1 aliphatic heterocycles. The third-order valence-corrected chi connectivity index (χ3v) is 3.60. The van der Waals surface area contributed by atoms with Gasteiger partial charge in [-0.3, -0.25) is 14.9 Å². The highest BCUT2D eigenvalue weighted by Crippen LogP contribution is 2.37. The van der Waals surface area contributed by atoms with Crippen LogP contribution < -0.4 is 0 Å². The first-order valence-electron chi connectivity index (χ1n) is 6.97. The lowest BCUT2D eigenvalue weighted by Crippen LogP contribution is -2.08. The molecule has 3 rings (SSSR count). The minimum Gasteiger partial charge on any atom is -0.507 e. The van der Waals surface area contributed by atoms with Gasteiger partial charge < -0.3 is 9.84 Å². The van der Waals surface area contributed by atoms with Crippen molar-refractivity contribution in [2.75, 3.05) is 0 Å². The third-order valence-electron chi connectivity index (χ3n) is 3.60. The fourth-order valence-electron chi connectivity index (χ4n) is 2.47. The first kappa shape index (κ1) is 15.4. The zero-order valence-electron chi connectivity index (χ0n) is 12.2. The van der Waals surface area contributed by atoms with E-state index in [9.17, 15) is 24.8 Å². The van der Waals surface area contributed by atoms with Crippen LogP contribution in [-0.2, 0) is 14.3 Å². The Morgan fingerprint density at radius 2 is 1.79 bits per heavy atom. The number of nitrogens with zero attached hydrogens (tertiary/aromatic N) is 1. The molecule has 0 unspecified atom stereocenters.